The van der Waals surface area contributed by atoms with Crippen LogP contribution in [-0.2, 0) is 4.79 Å². The zero-order chi connectivity index (χ0) is 12.8. The number of para-hydroxylation sites is 1. The molecule has 4 heteroatoms. The summed E-state index contributed by atoms with van der Waals surface area (Å²) < 4.78 is 5.50. The van der Waals surface area contributed by atoms with Gasteiger partial charge in [0, 0.05) is 12.0 Å². The molecule has 0 saturated heterocycles. The number of carbonyl (C=O) groups is 1. The largest absolute Gasteiger partial charge is 0.492 e. The van der Waals surface area contributed by atoms with Crippen LogP contribution < -0.4 is 15.8 Å². The van der Waals surface area contributed by atoms with Gasteiger partial charge in [-0.05, 0) is 31.4 Å². The van der Waals surface area contributed by atoms with E-state index >= 15 is 0 Å². The fourth-order valence-electron chi connectivity index (χ4n) is 2.26. The van der Waals surface area contributed by atoms with Crippen molar-refractivity contribution in [3.05, 3.63) is 30.3 Å². The van der Waals surface area contributed by atoms with Crippen molar-refractivity contribution in [2.75, 3.05) is 13.2 Å². The van der Waals surface area contributed by atoms with Crippen molar-refractivity contribution >= 4 is 5.91 Å². The highest BCUT2D eigenvalue weighted by Crippen LogP contribution is 2.23. The maximum atomic E-state index is 11.8. The van der Waals surface area contributed by atoms with E-state index in [1.165, 1.54) is 0 Å². The molecule has 1 aromatic carbocycles. The molecule has 2 unspecified atom stereocenters. The quantitative estimate of drug-likeness (QED) is 0.772. The number of carbonyl (C=O) groups excluding carboxylic acids is 1. The van der Waals surface area contributed by atoms with Gasteiger partial charge in [0.25, 0.3) is 0 Å². The number of benzene rings is 1. The van der Waals surface area contributed by atoms with Crippen LogP contribution in [0.15, 0.2) is 30.3 Å². The number of rotatable bonds is 5. The molecule has 1 aliphatic carbocycles. The van der Waals surface area contributed by atoms with E-state index < -0.39 is 0 Å². The van der Waals surface area contributed by atoms with Crippen LogP contribution in [0.2, 0.25) is 0 Å². The number of hydrogen-bond donors (Lipinski definition) is 2. The summed E-state index contributed by atoms with van der Waals surface area (Å²) in [6.45, 7) is 1.04. The van der Waals surface area contributed by atoms with Gasteiger partial charge in [-0.2, -0.15) is 0 Å². The molecular formula is C14H20N2O2. The molecule has 0 aliphatic heterocycles. The zero-order valence-electron chi connectivity index (χ0n) is 10.5. The summed E-state index contributed by atoms with van der Waals surface area (Å²) in [5, 5.41) is 2.90. The third-order valence-electron chi connectivity index (χ3n) is 3.26. The molecule has 1 aromatic rings. The summed E-state index contributed by atoms with van der Waals surface area (Å²) in [6, 6.07) is 9.79. The molecule has 4 nitrogen and oxygen atoms in total. The molecule has 3 N–H and O–H groups in total. The van der Waals surface area contributed by atoms with Gasteiger partial charge in [-0.15, -0.1) is 0 Å². The summed E-state index contributed by atoms with van der Waals surface area (Å²) in [4.78, 5) is 11.8. The number of nitrogens with one attached hydrogen (secondary N) is 1. The van der Waals surface area contributed by atoms with Crippen molar-refractivity contribution in [2.45, 2.75) is 25.3 Å². The average Bonchev–Trinajstić information content (AvgIpc) is 2.82. The maximum Gasteiger partial charge on any atom is 0.223 e. The van der Waals surface area contributed by atoms with Gasteiger partial charge < -0.3 is 15.8 Å². The van der Waals surface area contributed by atoms with E-state index in [2.05, 4.69) is 5.32 Å². The fraction of sp³-hybridized carbons (Fsp3) is 0.500. The smallest absolute Gasteiger partial charge is 0.223 e. The number of nitrogens with two attached hydrogens (primary N) is 1. The molecule has 1 aliphatic rings. The third-order valence-corrected chi connectivity index (χ3v) is 3.26. The zero-order valence-corrected chi connectivity index (χ0v) is 10.5. The molecule has 0 spiro atoms. The minimum Gasteiger partial charge on any atom is -0.492 e. The first-order valence-electron chi connectivity index (χ1n) is 6.47. The van der Waals surface area contributed by atoms with E-state index in [0.29, 0.717) is 13.2 Å². The Kier molecular flexibility index (Phi) is 4.59. The highest BCUT2D eigenvalue weighted by Gasteiger charge is 2.27. The standard InChI is InChI=1S/C14H20N2O2/c15-12-7-6-11(10-12)14(17)16-8-9-18-13-4-2-1-3-5-13/h1-5,11-12H,6-10,15H2,(H,16,17). The summed E-state index contributed by atoms with van der Waals surface area (Å²) >= 11 is 0. The molecule has 0 aromatic heterocycles. The lowest BCUT2D eigenvalue weighted by Crippen LogP contribution is -2.33. The lowest BCUT2D eigenvalue weighted by Gasteiger charge is -2.11. The van der Waals surface area contributed by atoms with Crippen molar-refractivity contribution in [2.24, 2.45) is 11.7 Å². The molecule has 2 rings (SSSR count). The Labute approximate surface area is 108 Å². The third kappa shape index (κ3) is 3.74. The Morgan fingerprint density at radius 1 is 1.33 bits per heavy atom. The summed E-state index contributed by atoms with van der Waals surface area (Å²) in [6.07, 6.45) is 2.68. The van der Waals surface area contributed by atoms with Crippen LogP contribution in [0.25, 0.3) is 0 Å². The molecule has 0 heterocycles. The predicted octanol–water partition coefficient (Wildman–Crippen LogP) is 1.31. The van der Waals surface area contributed by atoms with E-state index in [9.17, 15) is 4.79 Å². The summed E-state index contributed by atoms with van der Waals surface area (Å²) in [5.41, 5.74) is 5.79. The Bertz CT molecular complexity index is 381. The second kappa shape index (κ2) is 6.40. The van der Waals surface area contributed by atoms with E-state index in [4.69, 9.17) is 10.5 Å². The predicted molar refractivity (Wildman–Crippen MR) is 70.3 cm³/mol. The van der Waals surface area contributed by atoms with E-state index in [-0.39, 0.29) is 17.9 Å². The Morgan fingerprint density at radius 3 is 2.78 bits per heavy atom. The van der Waals surface area contributed by atoms with Crippen molar-refractivity contribution in [3.8, 4) is 5.75 Å². The van der Waals surface area contributed by atoms with Gasteiger partial charge in [0.15, 0.2) is 0 Å². The topological polar surface area (TPSA) is 64.4 Å². The summed E-state index contributed by atoms with van der Waals surface area (Å²) in [5.74, 6) is 1.03. The molecular weight excluding hydrogens is 228 g/mol. The fourth-order valence-corrected chi connectivity index (χ4v) is 2.26. The van der Waals surface area contributed by atoms with Crippen LogP contribution >= 0.6 is 0 Å². The lowest BCUT2D eigenvalue weighted by molar-refractivity contribution is -0.124. The molecule has 1 amide bonds. The first-order chi connectivity index (χ1) is 8.75. The second-order valence-corrected chi connectivity index (χ2v) is 4.72. The van der Waals surface area contributed by atoms with Crippen molar-refractivity contribution in [3.63, 3.8) is 0 Å². The monoisotopic (exact) mass is 248 g/mol. The second-order valence-electron chi connectivity index (χ2n) is 4.72. The van der Waals surface area contributed by atoms with E-state index in [1.807, 2.05) is 30.3 Å². The van der Waals surface area contributed by atoms with Crippen LogP contribution in [0.4, 0.5) is 0 Å². The van der Waals surface area contributed by atoms with Crippen molar-refractivity contribution in [1.82, 2.24) is 5.32 Å². The van der Waals surface area contributed by atoms with E-state index in [0.717, 1.165) is 25.0 Å². The van der Waals surface area contributed by atoms with Crippen molar-refractivity contribution < 1.29 is 9.53 Å². The van der Waals surface area contributed by atoms with Gasteiger partial charge in [-0.25, -0.2) is 0 Å². The molecule has 0 bridgehead atoms. The summed E-state index contributed by atoms with van der Waals surface area (Å²) in [7, 11) is 0. The van der Waals surface area contributed by atoms with Crippen LogP contribution in [0.3, 0.4) is 0 Å². The minimum absolute atomic E-state index is 0.0942. The SMILES string of the molecule is NC1CCC(C(=O)NCCOc2ccccc2)C1. The molecule has 0 radical (unpaired) electrons. The van der Waals surface area contributed by atoms with Gasteiger partial charge >= 0.3 is 0 Å². The number of ether oxygens (including phenoxy) is 1. The van der Waals surface area contributed by atoms with Crippen molar-refractivity contribution in [1.29, 1.82) is 0 Å². The minimum atomic E-state index is 0.0942. The normalized spacial score (nSPS) is 22.7. The highest BCUT2D eigenvalue weighted by atomic mass is 16.5. The van der Waals surface area contributed by atoms with Gasteiger partial charge in [0.2, 0.25) is 5.91 Å². The van der Waals surface area contributed by atoms with Crippen LogP contribution in [0, 0.1) is 5.92 Å². The van der Waals surface area contributed by atoms with Crippen LogP contribution in [0.5, 0.6) is 5.75 Å². The first kappa shape index (κ1) is 12.9. The molecule has 2 atom stereocenters. The van der Waals surface area contributed by atoms with Crippen LogP contribution in [-0.4, -0.2) is 25.1 Å². The highest BCUT2D eigenvalue weighted by molar-refractivity contribution is 5.78. The molecule has 98 valence electrons. The maximum absolute atomic E-state index is 11.8. The number of amides is 1. The van der Waals surface area contributed by atoms with Gasteiger partial charge in [-0.1, -0.05) is 18.2 Å². The Balaban J connectivity index is 1.62. The van der Waals surface area contributed by atoms with Gasteiger partial charge in [0.1, 0.15) is 12.4 Å². The molecule has 1 fully saturated rings. The first-order valence-corrected chi connectivity index (χ1v) is 6.47. The molecule has 1 saturated carbocycles. The molecule has 18 heavy (non-hydrogen) atoms. The van der Waals surface area contributed by atoms with E-state index in [1.54, 1.807) is 0 Å². The van der Waals surface area contributed by atoms with Gasteiger partial charge in [-0.3, -0.25) is 4.79 Å². The average molecular weight is 248 g/mol. The lowest BCUT2D eigenvalue weighted by atomic mass is 10.1. The number of hydrogen-bond acceptors (Lipinski definition) is 3. The Hall–Kier alpha value is -1.55. The Morgan fingerprint density at radius 2 is 2.11 bits per heavy atom. The van der Waals surface area contributed by atoms with Gasteiger partial charge in [0.05, 0.1) is 6.54 Å². The van der Waals surface area contributed by atoms with Crippen LogP contribution in [0.1, 0.15) is 19.3 Å².